The number of carbonyl (C=O) groups is 1. The lowest BCUT2D eigenvalue weighted by Gasteiger charge is -2.18. The van der Waals surface area contributed by atoms with Gasteiger partial charge < -0.3 is 14.6 Å². The number of nitrogens with zero attached hydrogens (tertiary/aromatic N) is 1. The lowest BCUT2D eigenvalue weighted by atomic mass is 9.93. The molecule has 41 heavy (non-hydrogen) atoms. The molecule has 1 fully saturated rings. The van der Waals surface area contributed by atoms with Crippen LogP contribution in [-0.4, -0.2) is 43.6 Å². The monoisotopic (exact) mass is 595 g/mol. The molecule has 0 spiro atoms. The summed E-state index contributed by atoms with van der Waals surface area (Å²) >= 11 is 0. The van der Waals surface area contributed by atoms with Crippen molar-refractivity contribution in [3.05, 3.63) is 76.2 Å². The second kappa shape index (κ2) is 12.1. The highest BCUT2D eigenvalue weighted by Crippen LogP contribution is 2.56. The summed E-state index contributed by atoms with van der Waals surface area (Å²) in [5, 5.41) is 6.89. The maximum absolute atomic E-state index is 14.8. The fourth-order valence-electron chi connectivity index (χ4n) is 5.09. The van der Waals surface area contributed by atoms with E-state index in [0.717, 1.165) is 12.7 Å². The first-order chi connectivity index (χ1) is 19.3. The molecule has 0 amide bonds. The minimum atomic E-state index is -4.77. The van der Waals surface area contributed by atoms with Gasteiger partial charge in [-0.05, 0) is 90.1 Å². The van der Waals surface area contributed by atoms with Crippen LogP contribution in [0.4, 0.5) is 17.6 Å². The Balaban J connectivity index is 0.00000124. The third kappa shape index (κ3) is 7.55. The van der Waals surface area contributed by atoms with E-state index in [1.165, 1.54) is 35.7 Å². The van der Waals surface area contributed by atoms with Crippen molar-refractivity contribution in [3.8, 4) is 22.8 Å². The number of rotatable bonds is 9. The number of pyridine rings is 1. The highest BCUT2D eigenvalue weighted by molar-refractivity contribution is 7.90. The van der Waals surface area contributed by atoms with Gasteiger partial charge in [0.25, 0.3) is 6.47 Å². The normalized spacial score (nSPS) is 17.1. The van der Waals surface area contributed by atoms with Gasteiger partial charge in [-0.1, -0.05) is 6.07 Å². The summed E-state index contributed by atoms with van der Waals surface area (Å²) in [4.78, 5) is 12.7. The molecule has 12 heteroatoms. The molecule has 1 N–H and O–H groups in total. The summed E-state index contributed by atoms with van der Waals surface area (Å²) in [7, 11) is -3.11. The van der Waals surface area contributed by atoms with E-state index < -0.39 is 27.4 Å². The molecular weight excluding hydrogens is 566 g/mol. The van der Waals surface area contributed by atoms with E-state index in [0.29, 0.717) is 41.5 Å². The number of hydrogen-bond donors (Lipinski definition) is 1. The molecule has 2 aliphatic rings. The first kappa shape index (κ1) is 30.3. The van der Waals surface area contributed by atoms with E-state index in [1.807, 2.05) is 6.07 Å². The molecule has 7 nitrogen and oxygen atoms in total. The Morgan fingerprint density at radius 3 is 2.51 bits per heavy atom. The number of aryl methyl sites for hydroxylation is 1. The lowest BCUT2D eigenvalue weighted by molar-refractivity contribution is -0.137. The van der Waals surface area contributed by atoms with Crippen LogP contribution in [0.5, 0.6) is 11.6 Å². The molecule has 2 atom stereocenters. The largest absolute Gasteiger partial charge is 0.494 e. The molecule has 1 heterocycles. The second-order valence-corrected chi connectivity index (χ2v) is 12.5. The summed E-state index contributed by atoms with van der Waals surface area (Å²) in [5.41, 5.74) is 1.89. The van der Waals surface area contributed by atoms with Crippen LogP contribution in [-0.2, 0) is 33.8 Å². The molecule has 2 aromatic carbocycles. The molecule has 0 saturated heterocycles. The van der Waals surface area contributed by atoms with Crippen molar-refractivity contribution in [2.75, 3.05) is 18.6 Å². The number of carboxylic acid groups (broad SMARTS) is 1. The third-order valence-corrected chi connectivity index (χ3v) is 8.12. The topological polar surface area (TPSA) is 103 Å². The van der Waals surface area contributed by atoms with Gasteiger partial charge in [0.2, 0.25) is 5.88 Å². The molecule has 0 aliphatic heterocycles. The summed E-state index contributed by atoms with van der Waals surface area (Å²) in [5.74, 6) is 0.936. The molecular formula is C29H29F4NO6S. The summed E-state index contributed by atoms with van der Waals surface area (Å²) < 4.78 is 90.3. The van der Waals surface area contributed by atoms with Gasteiger partial charge in [-0.3, -0.25) is 4.79 Å². The van der Waals surface area contributed by atoms with Gasteiger partial charge in [0.15, 0.2) is 0 Å². The van der Waals surface area contributed by atoms with Crippen molar-refractivity contribution < 1.29 is 45.4 Å². The maximum atomic E-state index is 14.8. The quantitative estimate of drug-likeness (QED) is 0.185. The van der Waals surface area contributed by atoms with E-state index >= 15 is 0 Å². The molecule has 0 radical (unpaired) electrons. The first-order valence-electron chi connectivity index (χ1n) is 12.8. The Labute approximate surface area is 235 Å². The molecule has 220 valence electrons. The van der Waals surface area contributed by atoms with Crippen LogP contribution in [0.2, 0.25) is 0 Å². The van der Waals surface area contributed by atoms with E-state index in [2.05, 4.69) is 4.98 Å². The van der Waals surface area contributed by atoms with E-state index in [1.54, 1.807) is 19.2 Å². The standard InChI is InChI=1S/C28H27F4NO4S.CH2O2/c1-16-8-20(36-6-3-7-38(2,34)35)4-5-21(16)23-11-19(26(29)13-25(23)28(30,31)32)15-37-27-12-18-9-17-10-22(17)24(18)14-33-27;2-1-3/h4-5,8,11-14,17,22H,3,6-7,9-10,15H2,1-2H3;1H,(H,2,3). The van der Waals surface area contributed by atoms with Gasteiger partial charge in [-0.15, -0.1) is 0 Å². The SMILES string of the molecule is Cc1cc(OCCCS(C)(=O)=O)ccc1-c1cc(COc2cc3c(cn2)C2CC2C3)c(F)cc1C(F)(F)F.O=CO. The number of sulfone groups is 1. The van der Waals surface area contributed by atoms with Crippen LogP contribution in [0, 0.1) is 18.7 Å². The Morgan fingerprint density at radius 1 is 1.12 bits per heavy atom. The lowest BCUT2D eigenvalue weighted by Crippen LogP contribution is -2.11. The van der Waals surface area contributed by atoms with Crippen molar-refractivity contribution in [1.82, 2.24) is 4.98 Å². The molecule has 0 bridgehead atoms. The third-order valence-electron chi connectivity index (χ3n) is 7.09. The number of ether oxygens (including phenoxy) is 2. The van der Waals surface area contributed by atoms with Gasteiger partial charge in [-0.2, -0.15) is 13.2 Å². The van der Waals surface area contributed by atoms with E-state index in [-0.39, 0.29) is 42.1 Å². The number of hydrogen-bond acceptors (Lipinski definition) is 6. The smallest absolute Gasteiger partial charge is 0.417 e. The Morgan fingerprint density at radius 2 is 1.85 bits per heavy atom. The van der Waals surface area contributed by atoms with Gasteiger partial charge >= 0.3 is 6.18 Å². The zero-order valence-electron chi connectivity index (χ0n) is 22.4. The summed E-state index contributed by atoms with van der Waals surface area (Å²) in [6.45, 7) is 1.27. The highest BCUT2D eigenvalue weighted by Gasteiger charge is 2.45. The van der Waals surface area contributed by atoms with Crippen molar-refractivity contribution in [2.45, 2.75) is 44.9 Å². The van der Waals surface area contributed by atoms with Gasteiger partial charge in [-0.25, -0.2) is 17.8 Å². The fourth-order valence-corrected chi connectivity index (χ4v) is 5.73. The minimum absolute atomic E-state index is 0.0151. The van der Waals surface area contributed by atoms with Crippen LogP contribution in [0.25, 0.3) is 11.1 Å². The first-order valence-corrected chi connectivity index (χ1v) is 14.9. The van der Waals surface area contributed by atoms with Crippen molar-refractivity contribution in [1.29, 1.82) is 0 Å². The average Bonchev–Trinajstić information content (AvgIpc) is 3.56. The van der Waals surface area contributed by atoms with E-state index in [9.17, 15) is 26.0 Å². The van der Waals surface area contributed by atoms with Gasteiger partial charge in [0.1, 0.15) is 28.0 Å². The van der Waals surface area contributed by atoms with Gasteiger partial charge in [0.05, 0.1) is 17.9 Å². The van der Waals surface area contributed by atoms with Crippen LogP contribution in [0.1, 0.15) is 46.6 Å². The maximum Gasteiger partial charge on any atom is 0.417 e. The number of halogens is 4. The van der Waals surface area contributed by atoms with Gasteiger partial charge in [0, 0.05) is 24.1 Å². The fraction of sp³-hybridized carbons (Fsp3) is 0.379. The zero-order chi connectivity index (χ0) is 29.9. The molecule has 5 rings (SSSR count). The zero-order valence-corrected chi connectivity index (χ0v) is 23.2. The molecule has 2 unspecified atom stereocenters. The minimum Gasteiger partial charge on any atom is -0.494 e. The predicted octanol–water partition coefficient (Wildman–Crippen LogP) is 5.97. The molecule has 1 aromatic heterocycles. The van der Waals surface area contributed by atoms with Crippen LogP contribution in [0.15, 0.2) is 42.6 Å². The van der Waals surface area contributed by atoms with E-state index in [4.69, 9.17) is 19.4 Å². The summed E-state index contributed by atoms with van der Waals surface area (Å²) in [6, 6.07) is 8.10. The molecule has 2 aliphatic carbocycles. The molecule has 1 saturated carbocycles. The summed E-state index contributed by atoms with van der Waals surface area (Å²) in [6.07, 6.45) is 0.588. The van der Waals surface area contributed by atoms with Crippen LogP contribution >= 0.6 is 0 Å². The van der Waals surface area contributed by atoms with Crippen molar-refractivity contribution in [2.24, 2.45) is 5.92 Å². The molecule has 3 aromatic rings. The van der Waals surface area contributed by atoms with Crippen molar-refractivity contribution >= 4 is 16.3 Å². The number of aromatic nitrogens is 1. The Bertz CT molecular complexity index is 1540. The Hall–Kier alpha value is -3.67. The van der Waals surface area contributed by atoms with Crippen LogP contribution < -0.4 is 9.47 Å². The van der Waals surface area contributed by atoms with Crippen LogP contribution in [0.3, 0.4) is 0 Å². The predicted molar refractivity (Wildman–Crippen MR) is 143 cm³/mol. The second-order valence-electron chi connectivity index (χ2n) is 10.2. The number of fused-ring (bicyclic) bond motifs is 3. The highest BCUT2D eigenvalue weighted by atomic mass is 32.2. The number of benzene rings is 2. The number of alkyl halides is 3. The van der Waals surface area contributed by atoms with Crippen molar-refractivity contribution in [3.63, 3.8) is 0 Å². The Kier molecular flexibility index (Phi) is 8.91. The average molecular weight is 596 g/mol.